The van der Waals surface area contributed by atoms with Gasteiger partial charge in [0, 0.05) is 31.3 Å². The van der Waals surface area contributed by atoms with Crippen LogP contribution < -0.4 is 26.8 Å². The number of nitrogens with one attached hydrogen (secondary N) is 2. The SMILES string of the molecule is COCCNC(C)(C)/C=C(\C#N)C(=O)NC1CCC(n2c(=O)n(-c3ccc(Oc4ccccc4)cc3)c3c(N)ncnc32)CC1. The molecule has 234 valence electrons. The van der Waals surface area contributed by atoms with Gasteiger partial charge in [-0.3, -0.25) is 13.9 Å². The summed E-state index contributed by atoms with van der Waals surface area (Å²) in [5.41, 5.74) is 7.04. The molecule has 0 atom stereocenters. The lowest BCUT2D eigenvalue weighted by Crippen LogP contribution is -2.42. The number of hydrogen-bond acceptors (Lipinski definition) is 9. The molecule has 12 nitrogen and oxygen atoms in total. The van der Waals surface area contributed by atoms with Crippen LogP contribution in [-0.4, -0.2) is 56.9 Å². The topological polar surface area (TPSA) is 162 Å². The molecule has 45 heavy (non-hydrogen) atoms. The molecule has 0 spiro atoms. The molecule has 2 heterocycles. The van der Waals surface area contributed by atoms with E-state index in [1.807, 2.05) is 50.2 Å². The second-order valence-electron chi connectivity index (χ2n) is 11.6. The maximum absolute atomic E-state index is 14.0. The van der Waals surface area contributed by atoms with Gasteiger partial charge in [0.25, 0.3) is 5.91 Å². The fraction of sp³-hybridized carbons (Fsp3) is 0.364. The summed E-state index contributed by atoms with van der Waals surface area (Å²) < 4.78 is 14.2. The van der Waals surface area contributed by atoms with E-state index in [9.17, 15) is 14.9 Å². The quantitative estimate of drug-likeness (QED) is 0.129. The summed E-state index contributed by atoms with van der Waals surface area (Å²) in [4.78, 5) is 35.6. The number of nitrogens with zero attached hydrogens (tertiary/aromatic N) is 5. The zero-order valence-corrected chi connectivity index (χ0v) is 25.7. The van der Waals surface area contributed by atoms with Gasteiger partial charge in [-0.15, -0.1) is 0 Å². The number of para-hydroxylation sites is 1. The number of ether oxygens (including phenoxy) is 2. The number of imidazole rings is 1. The lowest BCUT2D eigenvalue weighted by Gasteiger charge is -2.30. The third kappa shape index (κ3) is 7.22. The first-order valence-electron chi connectivity index (χ1n) is 15.0. The summed E-state index contributed by atoms with van der Waals surface area (Å²) in [6.07, 6.45) is 5.54. The molecule has 0 unspecified atom stereocenters. The van der Waals surface area contributed by atoms with Crippen molar-refractivity contribution in [3.63, 3.8) is 0 Å². The van der Waals surface area contributed by atoms with Gasteiger partial charge in [-0.2, -0.15) is 5.26 Å². The van der Waals surface area contributed by atoms with Gasteiger partial charge in [-0.05, 0) is 82.0 Å². The van der Waals surface area contributed by atoms with Crippen LogP contribution in [-0.2, 0) is 9.53 Å². The van der Waals surface area contributed by atoms with Gasteiger partial charge in [-0.25, -0.2) is 14.8 Å². The Hall–Kier alpha value is -4.99. The zero-order valence-electron chi connectivity index (χ0n) is 25.7. The van der Waals surface area contributed by atoms with Crippen LogP contribution in [0, 0.1) is 11.3 Å². The van der Waals surface area contributed by atoms with Crippen LogP contribution in [0.15, 0.2) is 77.4 Å². The molecule has 12 heteroatoms. The molecule has 0 saturated heterocycles. The van der Waals surface area contributed by atoms with Crippen LogP contribution in [0.4, 0.5) is 5.82 Å². The Kier molecular flexibility index (Phi) is 9.61. The minimum atomic E-state index is -0.563. The number of carbonyl (C=O) groups excluding carboxylic acids is 1. The van der Waals surface area contributed by atoms with Crippen molar-refractivity contribution in [2.75, 3.05) is 26.0 Å². The van der Waals surface area contributed by atoms with Crippen molar-refractivity contribution in [1.29, 1.82) is 5.26 Å². The predicted octanol–water partition coefficient (Wildman–Crippen LogP) is 4.02. The van der Waals surface area contributed by atoms with Crippen LogP contribution in [0.2, 0.25) is 0 Å². The van der Waals surface area contributed by atoms with Crippen molar-refractivity contribution in [3.8, 4) is 23.3 Å². The molecule has 1 aliphatic carbocycles. The Morgan fingerprint density at radius 3 is 2.44 bits per heavy atom. The maximum atomic E-state index is 14.0. The summed E-state index contributed by atoms with van der Waals surface area (Å²) in [5.74, 6) is 1.14. The van der Waals surface area contributed by atoms with Crippen molar-refractivity contribution in [2.45, 2.75) is 57.2 Å². The van der Waals surface area contributed by atoms with E-state index in [0.29, 0.717) is 67.2 Å². The summed E-state index contributed by atoms with van der Waals surface area (Å²) in [5, 5.41) is 16.0. The molecular weight excluding hydrogens is 572 g/mol. The molecule has 4 N–H and O–H groups in total. The number of aromatic nitrogens is 4. The third-order valence-corrected chi connectivity index (χ3v) is 7.91. The highest BCUT2D eigenvalue weighted by molar-refractivity contribution is 5.97. The Morgan fingerprint density at radius 2 is 1.78 bits per heavy atom. The van der Waals surface area contributed by atoms with E-state index in [4.69, 9.17) is 15.2 Å². The monoisotopic (exact) mass is 610 g/mol. The predicted molar refractivity (Wildman–Crippen MR) is 171 cm³/mol. The number of amides is 1. The minimum Gasteiger partial charge on any atom is -0.457 e. The lowest BCUT2D eigenvalue weighted by molar-refractivity contribution is -0.118. The number of carbonyl (C=O) groups is 1. The first kappa shape index (κ1) is 31.4. The van der Waals surface area contributed by atoms with E-state index in [1.54, 1.807) is 42.0 Å². The number of anilines is 1. The first-order chi connectivity index (χ1) is 21.7. The number of rotatable bonds is 11. The van der Waals surface area contributed by atoms with E-state index >= 15 is 0 Å². The number of benzene rings is 2. The molecule has 0 aliphatic heterocycles. The van der Waals surface area contributed by atoms with Gasteiger partial charge in [-0.1, -0.05) is 18.2 Å². The number of nitriles is 1. The lowest BCUT2D eigenvalue weighted by atomic mass is 9.90. The second kappa shape index (κ2) is 13.8. The molecule has 2 aromatic heterocycles. The molecule has 1 fully saturated rings. The molecule has 0 bridgehead atoms. The Bertz CT molecular complexity index is 1760. The highest BCUT2D eigenvalue weighted by Gasteiger charge is 2.30. The zero-order chi connectivity index (χ0) is 32.0. The molecule has 5 rings (SSSR count). The number of nitrogen functional groups attached to an aromatic ring is 1. The number of methoxy groups -OCH3 is 1. The highest BCUT2D eigenvalue weighted by atomic mass is 16.5. The molecule has 1 amide bonds. The van der Waals surface area contributed by atoms with Gasteiger partial charge in [0.2, 0.25) is 0 Å². The van der Waals surface area contributed by atoms with Gasteiger partial charge < -0.3 is 25.8 Å². The fourth-order valence-electron chi connectivity index (χ4n) is 5.70. The van der Waals surface area contributed by atoms with Gasteiger partial charge >= 0.3 is 5.69 Å². The average Bonchev–Trinajstić information content (AvgIpc) is 3.34. The van der Waals surface area contributed by atoms with Gasteiger partial charge in [0.1, 0.15) is 35.0 Å². The first-order valence-corrected chi connectivity index (χ1v) is 15.0. The summed E-state index contributed by atoms with van der Waals surface area (Å²) in [6.45, 7) is 4.90. The summed E-state index contributed by atoms with van der Waals surface area (Å²) in [6, 6.07) is 18.4. The Labute approximate surface area is 261 Å². The Morgan fingerprint density at radius 1 is 1.09 bits per heavy atom. The van der Waals surface area contributed by atoms with Gasteiger partial charge in [0.05, 0.1) is 12.3 Å². The van der Waals surface area contributed by atoms with Crippen molar-refractivity contribution in [3.05, 3.63) is 83.1 Å². The smallest absolute Gasteiger partial charge is 0.335 e. The average molecular weight is 611 g/mol. The largest absolute Gasteiger partial charge is 0.457 e. The van der Waals surface area contributed by atoms with E-state index in [1.165, 1.54) is 10.9 Å². The van der Waals surface area contributed by atoms with Crippen LogP contribution in [0.5, 0.6) is 11.5 Å². The normalized spacial score (nSPS) is 17.2. The van der Waals surface area contributed by atoms with E-state index in [0.717, 1.165) is 0 Å². The highest BCUT2D eigenvalue weighted by Crippen LogP contribution is 2.32. The third-order valence-electron chi connectivity index (χ3n) is 7.91. The molecule has 0 radical (unpaired) electrons. The van der Waals surface area contributed by atoms with Crippen molar-refractivity contribution in [1.82, 2.24) is 29.7 Å². The summed E-state index contributed by atoms with van der Waals surface area (Å²) in [7, 11) is 1.62. The maximum Gasteiger partial charge on any atom is 0.335 e. The van der Waals surface area contributed by atoms with Crippen molar-refractivity contribution < 1.29 is 14.3 Å². The number of nitrogens with two attached hydrogens (primary N) is 1. The van der Waals surface area contributed by atoms with Crippen molar-refractivity contribution >= 4 is 22.9 Å². The van der Waals surface area contributed by atoms with E-state index < -0.39 is 11.4 Å². The van der Waals surface area contributed by atoms with E-state index in [2.05, 4.69) is 20.6 Å². The molecular formula is C33H38N8O4. The van der Waals surface area contributed by atoms with Gasteiger partial charge in [0.15, 0.2) is 11.5 Å². The molecule has 1 saturated carbocycles. The molecule has 4 aromatic rings. The number of hydrogen-bond donors (Lipinski definition) is 3. The molecule has 2 aromatic carbocycles. The van der Waals surface area contributed by atoms with Crippen LogP contribution in [0.25, 0.3) is 16.9 Å². The minimum absolute atomic E-state index is 0.0543. The van der Waals surface area contributed by atoms with Crippen LogP contribution in [0.1, 0.15) is 45.6 Å². The Balaban J connectivity index is 1.32. The van der Waals surface area contributed by atoms with Crippen LogP contribution in [0.3, 0.4) is 0 Å². The standard InChI is InChI=1S/C33H38N8O4/c1-33(2,38-17-18-44-3)19-22(20-34)31(42)39-23-9-11-25(12-10-23)41-30-28(29(35)36-21-37-30)40(32(41)43)24-13-15-27(16-14-24)45-26-7-5-4-6-8-26/h4-8,13-16,19,21,23,25,38H,9-12,17-18H2,1-3H3,(H,39,42)(H2,35,36,37)/b22-19+. The van der Waals surface area contributed by atoms with E-state index in [-0.39, 0.29) is 29.2 Å². The van der Waals surface area contributed by atoms with Crippen LogP contribution >= 0.6 is 0 Å². The fourth-order valence-corrected chi connectivity index (χ4v) is 5.70. The molecule has 1 aliphatic rings. The second-order valence-corrected chi connectivity index (χ2v) is 11.6. The number of fused-ring (bicyclic) bond motifs is 1. The summed E-state index contributed by atoms with van der Waals surface area (Å²) >= 11 is 0. The van der Waals surface area contributed by atoms with Crippen molar-refractivity contribution in [2.24, 2.45) is 0 Å².